The van der Waals surface area contributed by atoms with Crippen LogP contribution in [0.4, 0.5) is 11.4 Å². The van der Waals surface area contributed by atoms with Gasteiger partial charge in [0.1, 0.15) is 11.5 Å². The summed E-state index contributed by atoms with van der Waals surface area (Å²) in [5.74, 6) is 1.34. The molecule has 4 N–H and O–H groups in total. The average molecular weight is 823 g/mol. The van der Waals surface area contributed by atoms with Crippen LogP contribution in [0.2, 0.25) is 0 Å². The number of nitrogens with two attached hydrogens (primary N) is 2. The van der Waals surface area contributed by atoms with E-state index in [0.29, 0.717) is 62.5 Å². The summed E-state index contributed by atoms with van der Waals surface area (Å²) in [5, 5.41) is 0. The largest absolute Gasteiger partial charge is 0.426 e. The van der Waals surface area contributed by atoms with Crippen molar-refractivity contribution >= 4 is 47.0 Å². The Morgan fingerprint density at radius 1 is 0.590 bits per heavy atom. The van der Waals surface area contributed by atoms with Gasteiger partial charge in [0.05, 0.1) is 11.8 Å². The van der Waals surface area contributed by atoms with Crippen molar-refractivity contribution in [3.05, 3.63) is 119 Å². The van der Waals surface area contributed by atoms with Gasteiger partial charge >= 0.3 is 11.9 Å². The Hall–Kier alpha value is -5.76. The number of ether oxygens (including phenoxy) is 2. The van der Waals surface area contributed by atoms with Crippen molar-refractivity contribution in [3.63, 3.8) is 0 Å². The molecule has 61 heavy (non-hydrogen) atoms. The maximum absolute atomic E-state index is 14.0. The molecule has 0 radical (unpaired) electrons. The minimum Gasteiger partial charge on any atom is -0.426 e. The topological polar surface area (TPSA) is 139 Å². The van der Waals surface area contributed by atoms with Crippen LogP contribution in [-0.4, -0.2) is 23.5 Å². The summed E-state index contributed by atoms with van der Waals surface area (Å²) in [6.07, 6.45) is 21.6. The molecule has 8 nitrogen and oxygen atoms in total. The van der Waals surface area contributed by atoms with E-state index in [1.54, 1.807) is 85.8 Å². The number of hydrogen-bond acceptors (Lipinski definition) is 8. The number of carbonyl (C=O) groups is 4. The second kappa shape index (κ2) is 21.7. The Balaban J connectivity index is 1.10. The summed E-state index contributed by atoms with van der Waals surface area (Å²) in [5.41, 5.74) is 17.3. The molecule has 4 aromatic rings. The third kappa shape index (κ3) is 12.2. The lowest BCUT2D eigenvalue weighted by Crippen LogP contribution is -2.25. The van der Waals surface area contributed by atoms with E-state index in [4.69, 9.17) is 20.9 Å². The number of hydrogen-bond donors (Lipinski definition) is 2. The van der Waals surface area contributed by atoms with Crippen molar-refractivity contribution in [2.75, 3.05) is 11.5 Å². The summed E-state index contributed by atoms with van der Waals surface area (Å²) in [7, 11) is 0. The number of esters is 2. The van der Waals surface area contributed by atoms with Crippen LogP contribution in [0.25, 0.3) is 23.3 Å². The normalized spacial score (nSPS) is 19.2. The highest BCUT2D eigenvalue weighted by Gasteiger charge is 2.29. The second-order valence-electron chi connectivity index (χ2n) is 17.1. The summed E-state index contributed by atoms with van der Waals surface area (Å²) < 4.78 is 11.5. The van der Waals surface area contributed by atoms with Crippen molar-refractivity contribution in [3.8, 4) is 22.6 Å². The van der Waals surface area contributed by atoms with Crippen molar-refractivity contribution in [2.45, 2.75) is 111 Å². The van der Waals surface area contributed by atoms with Gasteiger partial charge in [-0.3, -0.25) is 19.2 Å². The lowest BCUT2D eigenvalue weighted by atomic mass is 9.80. The van der Waals surface area contributed by atoms with E-state index in [9.17, 15) is 19.2 Å². The zero-order chi connectivity index (χ0) is 43.3. The number of rotatable bonds is 17. The molecule has 0 atom stereocenters. The van der Waals surface area contributed by atoms with Gasteiger partial charge in [0.25, 0.3) is 0 Å². The van der Waals surface area contributed by atoms with E-state index < -0.39 is 0 Å². The highest BCUT2D eigenvalue weighted by atomic mass is 16.5. The number of allylic oxidation sites excluding steroid dienone is 2. The monoisotopic (exact) mass is 822 g/mol. The molecule has 0 spiro atoms. The minimum atomic E-state index is -0.295. The van der Waals surface area contributed by atoms with Gasteiger partial charge in [-0.1, -0.05) is 101 Å². The molecule has 2 aliphatic carbocycles. The van der Waals surface area contributed by atoms with Crippen LogP contribution in [0.5, 0.6) is 11.5 Å². The van der Waals surface area contributed by atoms with Gasteiger partial charge in [-0.25, -0.2) is 0 Å². The molecule has 8 heteroatoms. The quantitative estimate of drug-likeness (QED) is 0.0353. The van der Waals surface area contributed by atoms with E-state index in [0.717, 1.165) is 62.5 Å². The third-order valence-corrected chi connectivity index (χ3v) is 12.7. The maximum Gasteiger partial charge on any atom is 0.314 e. The van der Waals surface area contributed by atoms with Crippen molar-refractivity contribution in [1.29, 1.82) is 0 Å². The summed E-state index contributed by atoms with van der Waals surface area (Å²) in [4.78, 5) is 53.6. The van der Waals surface area contributed by atoms with Crippen LogP contribution in [0.15, 0.2) is 91.0 Å². The van der Waals surface area contributed by atoms with E-state index in [1.165, 1.54) is 50.7 Å². The molecule has 0 bridgehead atoms. The number of anilines is 2. The SMILES string of the molecule is CCCCC1CCC(C(=O)Oc2ccc(/C=C/C(=O)c3cc(N)ccc3-c3ccc(N)c(C)c3C(=O)/C=C/c3ccc(OC(=O)C4CCC(CCCC)CC4)cc3)cc2)CC1. The van der Waals surface area contributed by atoms with Crippen molar-refractivity contribution in [2.24, 2.45) is 23.7 Å². The van der Waals surface area contributed by atoms with Crippen molar-refractivity contribution < 1.29 is 28.7 Å². The minimum absolute atomic E-state index is 0.0645. The molecular formula is C53H62N2O6. The van der Waals surface area contributed by atoms with Crippen molar-refractivity contribution in [1.82, 2.24) is 0 Å². The predicted octanol–water partition coefficient (Wildman–Crippen LogP) is 12.4. The van der Waals surface area contributed by atoms with Gasteiger partial charge in [0.15, 0.2) is 11.6 Å². The zero-order valence-corrected chi connectivity index (χ0v) is 36.1. The fourth-order valence-electron chi connectivity index (χ4n) is 8.84. The summed E-state index contributed by atoms with van der Waals surface area (Å²) in [6.45, 7) is 6.22. The number of benzene rings is 4. The van der Waals surface area contributed by atoms with Crippen LogP contribution in [-0.2, 0) is 9.59 Å². The van der Waals surface area contributed by atoms with Gasteiger partial charge < -0.3 is 20.9 Å². The van der Waals surface area contributed by atoms with E-state index in [1.807, 2.05) is 12.1 Å². The van der Waals surface area contributed by atoms with E-state index in [-0.39, 0.29) is 35.3 Å². The van der Waals surface area contributed by atoms with Crippen LogP contribution in [0.1, 0.15) is 141 Å². The molecule has 320 valence electrons. The van der Waals surface area contributed by atoms with Crippen LogP contribution in [0.3, 0.4) is 0 Å². The van der Waals surface area contributed by atoms with Gasteiger partial charge in [-0.05, 0) is 153 Å². The molecule has 0 aliphatic heterocycles. The second-order valence-corrected chi connectivity index (χ2v) is 17.1. The highest BCUT2D eigenvalue weighted by Crippen LogP contribution is 2.36. The van der Waals surface area contributed by atoms with E-state index >= 15 is 0 Å². The molecule has 2 fully saturated rings. The van der Waals surface area contributed by atoms with Gasteiger partial charge in [-0.15, -0.1) is 0 Å². The Labute approximate surface area is 361 Å². The van der Waals surface area contributed by atoms with E-state index in [2.05, 4.69) is 13.8 Å². The molecule has 0 amide bonds. The Morgan fingerprint density at radius 3 is 1.52 bits per heavy atom. The molecule has 4 aromatic carbocycles. The molecule has 2 saturated carbocycles. The average Bonchev–Trinajstić information content (AvgIpc) is 3.28. The fraction of sp³-hybridized carbons (Fsp3) is 0.396. The smallest absolute Gasteiger partial charge is 0.314 e. The lowest BCUT2D eigenvalue weighted by molar-refractivity contribution is -0.141. The first-order valence-corrected chi connectivity index (χ1v) is 22.4. The van der Waals surface area contributed by atoms with Crippen LogP contribution >= 0.6 is 0 Å². The first kappa shape index (κ1) is 44.8. The maximum atomic E-state index is 14.0. The van der Waals surface area contributed by atoms with Gasteiger partial charge in [0.2, 0.25) is 0 Å². The first-order valence-electron chi connectivity index (χ1n) is 22.4. The Morgan fingerprint density at radius 2 is 1.05 bits per heavy atom. The van der Waals surface area contributed by atoms with Gasteiger partial charge in [-0.2, -0.15) is 0 Å². The summed E-state index contributed by atoms with van der Waals surface area (Å²) >= 11 is 0. The standard InChI is InChI=1S/C53H62N2O6/c1-4-6-8-36-10-20-40(21-11-36)52(58)60-43-25-14-38(15-26-43)18-32-49(56)47-34-42(54)24-29-45(47)46-30-31-48(55)35(3)51(46)50(57)33-19-39-16-27-44(28-17-39)61-53(59)41-22-12-37(13-23-41)9-7-5-2/h14-19,24-34,36-37,40-41H,4-13,20-23,54-55H2,1-3H3/b32-18+,33-19+. The molecule has 0 saturated heterocycles. The summed E-state index contributed by atoms with van der Waals surface area (Å²) in [6, 6.07) is 22.8. The molecule has 0 heterocycles. The predicted molar refractivity (Wildman–Crippen MR) is 246 cm³/mol. The zero-order valence-electron chi connectivity index (χ0n) is 36.1. The number of nitrogen functional groups attached to an aromatic ring is 2. The number of unbranched alkanes of at least 4 members (excludes halogenated alkanes) is 2. The third-order valence-electron chi connectivity index (χ3n) is 12.7. The Bertz CT molecular complexity index is 2200. The van der Waals surface area contributed by atoms with Crippen LogP contribution < -0.4 is 20.9 Å². The van der Waals surface area contributed by atoms with Crippen LogP contribution in [0, 0.1) is 30.6 Å². The fourth-order valence-corrected chi connectivity index (χ4v) is 8.84. The molecular weight excluding hydrogens is 761 g/mol. The first-order chi connectivity index (χ1) is 29.5. The lowest BCUT2D eigenvalue weighted by Gasteiger charge is -2.27. The molecule has 6 rings (SSSR count). The number of ketones is 2. The van der Waals surface area contributed by atoms with Gasteiger partial charge in [0, 0.05) is 22.5 Å². The number of carbonyl (C=O) groups excluding carboxylic acids is 4. The molecule has 2 aliphatic rings. The molecule has 0 aromatic heterocycles. The highest BCUT2D eigenvalue weighted by molar-refractivity contribution is 6.16. The Kier molecular flexibility index (Phi) is 15.9. The molecule has 0 unspecified atom stereocenters.